The average molecular weight is 413 g/mol. The summed E-state index contributed by atoms with van der Waals surface area (Å²) < 4.78 is 26.2. The summed E-state index contributed by atoms with van der Waals surface area (Å²) in [6.45, 7) is 26.6. The molecule has 0 amide bonds. The van der Waals surface area contributed by atoms with Gasteiger partial charge in [-0.05, 0) is 78.1 Å². The largest absolute Gasteiger partial charge is 0.495 e. The van der Waals surface area contributed by atoms with Gasteiger partial charge < -0.3 is 16.8 Å². The molecular formula is C14H40O4Si5. The molecule has 0 aromatic rings. The Morgan fingerprint density at radius 3 is 1.09 bits per heavy atom. The van der Waals surface area contributed by atoms with E-state index in [1.807, 2.05) is 0 Å². The molecule has 0 aliphatic heterocycles. The van der Waals surface area contributed by atoms with Crippen molar-refractivity contribution in [3.05, 3.63) is 0 Å². The predicted octanol–water partition coefficient (Wildman–Crippen LogP) is 5.26. The Balaban J connectivity index is 5.63. The highest BCUT2D eigenvalue weighted by Gasteiger charge is 2.51. The van der Waals surface area contributed by atoms with Crippen LogP contribution in [0.1, 0.15) is 6.92 Å². The first-order valence-electron chi connectivity index (χ1n) is 8.63. The van der Waals surface area contributed by atoms with Gasteiger partial charge >= 0.3 is 8.80 Å². The van der Waals surface area contributed by atoms with Crippen molar-refractivity contribution in [3.8, 4) is 0 Å². The van der Waals surface area contributed by atoms with Crippen LogP contribution in [0.5, 0.6) is 0 Å². The zero-order valence-electron chi connectivity index (χ0n) is 17.5. The van der Waals surface area contributed by atoms with Gasteiger partial charge in [0.05, 0.1) is 0 Å². The fourth-order valence-electron chi connectivity index (χ4n) is 1.94. The summed E-state index contributed by atoms with van der Waals surface area (Å²) >= 11 is 0. The lowest BCUT2D eigenvalue weighted by molar-refractivity contribution is 0.201. The van der Waals surface area contributed by atoms with Gasteiger partial charge in [0.1, 0.15) is 6.23 Å². The van der Waals surface area contributed by atoms with Crippen LogP contribution in [-0.2, 0) is 16.8 Å². The van der Waals surface area contributed by atoms with Crippen molar-refractivity contribution in [2.75, 3.05) is 6.23 Å². The third-order valence-corrected chi connectivity index (χ3v) is 17.4. The van der Waals surface area contributed by atoms with Crippen molar-refractivity contribution in [3.63, 3.8) is 0 Å². The second kappa shape index (κ2) is 8.08. The van der Waals surface area contributed by atoms with E-state index in [-0.39, 0.29) is 0 Å². The maximum atomic E-state index is 6.62. The van der Waals surface area contributed by atoms with E-state index >= 15 is 0 Å². The quantitative estimate of drug-likeness (QED) is 0.458. The van der Waals surface area contributed by atoms with Gasteiger partial charge in [-0.25, -0.2) is 0 Å². The summed E-state index contributed by atoms with van der Waals surface area (Å²) in [5.74, 6) is 0. The van der Waals surface area contributed by atoms with Crippen LogP contribution in [0.15, 0.2) is 0 Å². The van der Waals surface area contributed by atoms with Crippen LogP contribution in [0, 0.1) is 0 Å². The van der Waals surface area contributed by atoms with Crippen molar-refractivity contribution >= 4 is 42.1 Å². The summed E-state index contributed by atoms with van der Waals surface area (Å²) in [5, 5.41) is 0. The summed E-state index contributed by atoms with van der Waals surface area (Å²) in [4.78, 5) is 0. The molecule has 0 aliphatic rings. The second-order valence-corrected chi connectivity index (χ2v) is 31.0. The number of hydrogen-bond acceptors (Lipinski definition) is 4. The highest BCUT2D eigenvalue weighted by Crippen LogP contribution is 2.27. The molecule has 0 spiro atoms. The van der Waals surface area contributed by atoms with Gasteiger partial charge in [0, 0.05) is 0 Å². The molecule has 0 radical (unpaired) electrons. The lowest BCUT2D eigenvalue weighted by atomic mass is 11.0. The van der Waals surface area contributed by atoms with E-state index in [4.69, 9.17) is 16.8 Å². The number of hydrogen-bond donors (Lipinski definition) is 0. The molecule has 0 aliphatic carbocycles. The lowest BCUT2D eigenvalue weighted by Crippen LogP contribution is -2.64. The predicted molar refractivity (Wildman–Crippen MR) is 113 cm³/mol. The Morgan fingerprint density at radius 2 is 0.870 bits per heavy atom. The summed E-state index contributed by atoms with van der Waals surface area (Å²) in [7, 11) is -9.92. The molecule has 0 bridgehead atoms. The molecule has 0 fully saturated rings. The average Bonchev–Trinajstić information content (AvgIpc) is 2.19. The summed E-state index contributed by atoms with van der Waals surface area (Å²) in [6, 6.07) is 1.09. The molecule has 0 unspecified atom stereocenters. The zero-order valence-corrected chi connectivity index (χ0v) is 22.5. The van der Waals surface area contributed by atoms with E-state index in [2.05, 4.69) is 78.9 Å². The Morgan fingerprint density at radius 1 is 0.565 bits per heavy atom. The van der Waals surface area contributed by atoms with E-state index in [1.165, 1.54) is 0 Å². The lowest BCUT2D eigenvalue weighted by Gasteiger charge is -2.43. The molecular weight excluding hydrogens is 373 g/mol. The smallest absolute Gasteiger partial charge is 0.416 e. The van der Waals surface area contributed by atoms with Gasteiger partial charge in [0.15, 0.2) is 33.3 Å². The normalized spacial score (nSPS) is 15.1. The van der Waals surface area contributed by atoms with Crippen molar-refractivity contribution in [1.29, 1.82) is 0 Å². The first kappa shape index (κ1) is 23.9. The van der Waals surface area contributed by atoms with Gasteiger partial charge in [-0.15, -0.1) is 0 Å². The van der Waals surface area contributed by atoms with Crippen LogP contribution in [0.3, 0.4) is 0 Å². The Labute approximate surface area is 150 Å². The van der Waals surface area contributed by atoms with E-state index < -0.39 is 42.1 Å². The zero-order chi connectivity index (χ0) is 18.7. The maximum Gasteiger partial charge on any atom is 0.495 e. The SMILES string of the molecule is CC[Si](C)(C)OC[Si](O[Si](C)(C)C)(O[Si](C)(C)C)O[Si](C)(C)C. The first-order valence-corrected chi connectivity index (χ1v) is 23.9. The molecule has 23 heavy (non-hydrogen) atoms. The molecule has 0 saturated carbocycles. The first-order chi connectivity index (χ1) is 9.89. The Bertz CT molecular complexity index is 328. The second-order valence-electron chi connectivity index (χ2n) is 9.73. The van der Waals surface area contributed by atoms with Crippen molar-refractivity contribution in [2.24, 2.45) is 0 Å². The molecule has 0 heterocycles. The molecule has 0 aromatic heterocycles. The fraction of sp³-hybridized carbons (Fsp3) is 1.00. The molecule has 9 heteroatoms. The van der Waals surface area contributed by atoms with Crippen LogP contribution in [0.2, 0.25) is 78.1 Å². The third-order valence-electron chi connectivity index (χ3n) is 2.88. The van der Waals surface area contributed by atoms with E-state index in [9.17, 15) is 0 Å². The van der Waals surface area contributed by atoms with Gasteiger partial charge in [0.2, 0.25) is 0 Å². The fourth-order valence-corrected chi connectivity index (χ4v) is 17.9. The molecule has 0 rings (SSSR count). The maximum absolute atomic E-state index is 6.62. The van der Waals surface area contributed by atoms with Crippen molar-refractivity contribution < 1.29 is 16.8 Å². The van der Waals surface area contributed by atoms with Crippen LogP contribution in [0.4, 0.5) is 0 Å². The van der Waals surface area contributed by atoms with Crippen molar-refractivity contribution in [1.82, 2.24) is 0 Å². The van der Waals surface area contributed by atoms with Crippen LogP contribution in [-0.4, -0.2) is 48.3 Å². The standard InChI is InChI=1S/C14H40O4Si5/c1-13-22(11,12)15-14-23(16-19(2,3)4,17-20(5,6)7)18-21(8,9)10/h13-14H2,1-12H3. The highest BCUT2D eigenvalue weighted by molar-refractivity contribution is 6.90. The van der Waals surface area contributed by atoms with Crippen LogP contribution < -0.4 is 0 Å². The van der Waals surface area contributed by atoms with E-state index in [0.29, 0.717) is 6.23 Å². The van der Waals surface area contributed by atoms with E-state index in [1.54, 1.807) is 0 Å². The molecule has 0 aromatic carbocycles. The Kier molecular flexibility index (Phi) is 8.41. The van der Waals surface area contributed by atoms with Gasteiger partial charge in [0.25, 0.3) is 0 Å². The van der Waals surface area contributed by atoms with Gasteiger partial charge in [-0.2, -0.15) is 0 Å². The summed E-state index contributed by atoms with van der Waals surface area (Å²) in [5.41, 5.74) is 0. The minimum Gasteiger partial charge on any atom is -0.416 e. The van der Waals surface area contributed by atoms with Gasteiger partial charge in [-0.3, -0.25) is 0 Å². The Hall–Kier alpha value is 0.924. The molecule has 0 saturated heterocycles. The van der Waals surface area contributed by atoms with Crippen molar-refractivity contribution in [2.45, 2.75) is 85.0 Å². The molecule has 140 valence electrons. The number of rotatable bonds is 10. The van der Waals surface area contributed by atoms with Gasteiger partial charge in [-0.1, -0.05) is 6.92 Å². The monoisotopic (exact) mass is 412 g/mol. The molecule has 4 nitrogen and oxygen atoms in total. The molecule has 0 atom stereocenters. The third kappa shape index (κ3) is 12.0. The topological polar surface area (TPSA) is 36.9 Å². The minimum absolute atomic E-state index is 0.513. The summed E-state index contributed by atoms with van der Waals surface area (Å²) in [6.07, 6.45) is 0.513. The van der Waals surface area contributed by atoms with E-state index in [0.717, 1.165) is 6.04 Å². The minimum atomic E-state index is -2.83. The van der Waals surface area contributed by atoms with Crippen LogP contribution in [0.25, 0.3) is 0 Å². The highest BCUT2D eigenvalue weighted by atomic mass is 28.5. The molecule has 0 N–H and O–H groups in total. The van der Waals surface area contributed by atoms with Crippen LogP contribution >= 0.6 is 0 Å².